The maximum Gasteiger partial charge on any atom is 0.270 e. The normalized spacial score (nSPS) is 10.6. The Kier molecular flexibility index (Phi) is 8.18. The average molecular weight is 386 g/mol. The van der Waals surface area contributed by atoms with Gasteiger partial charge in [0.25, 0.3) is 5.69 Å². The van der Waals surface area contributed by atoms with Gasteiger partial charge in [0, 0.05) is 24.2 Å². The molecule has 2 aromatic rings. The van der Waals surface area contributed by atoms with Gasteiger partial charge in [-0.05, 0) is 36.3 Å². The van der Waals surface area contributed by atoms with E-state index in [2.05, 4.69) is 22.8 Å². The second-order valence-corrected chi connectivity index (χ2v) is 6.16. The average Bonchev–Trinajstić information content (AvgIpc) is 2.68. The van der Waals surface area contributed by atoms with Crippen LogP contribution < -0.4 is 15.5 Å². The van der Waals surface area contributed by atoms with Gasteiger partial charge in [0.1, 0.15) is 5.75 Å². The number of rotatable bonds is 9. The first-order valence-corrected chi connectivity index (χ1v) is 9.02. The standard InChI is InChI=1S/C19H22N4O3S/c1-2-3-11-26-18-9-7-15(8-10-18)13-20-19(27)22-21-14-16-5-4-6-17(12-16)23(24)25/h4-10,12,14H,2-3,11,13H2,1H3,(H2,20,22,27)/b21-14-. The topological polar surface area (TPSA) is 88.8 Å². The van der Waals surface area contributed by atoms with Crippen LogP contribution in [0.2, 0.25) is 0 Å². The smallest absolute Gasteiger partial charge is 0.270 e. The van der Waals surface area contributed by atoms with Crippen molar-refractivity contribution in [2.45, 2.75) is 26.3 Å². The van der Waals surface area contributed by atoms with Crippen molar-refractivity contribution in [2.24, 2.45) is 5.10 Å². The van der Waals surface area contributed by atoms with Gasteiger partial charge in [0.2, 0.25) is 0 Å². The summed E-state index contributed by atoms with van der Waals surface area (Å²) in [6.45, 7) is 3.40. The number of benzene rings is 2. The van der Waals surface area contributed by atoms with Crippen molar-refractivity contribution < 1.29 is 9.66 Å². The second kappa shape index (κ2) is 10.9. The Bertz CT molecular complexity index is 794. The Morgan fingerprint density at radius 3 is 2.78 bits per heavy atom. The maximum absolute atomic E-state index is 10.7. The van der Waals surface area contributed by atoms with Gasteiger partial charge in [-0.25, -0.2) is 0 Å². The minimum atomic E-state index is -0.447. The molecule has 0 atom stereocenters. The molecule has 0 heterocycles. The number of hydrazone groups is 1. The maximum atomic E-state index is 10.7. The van der Waals surface area contributed by atoms with E-state index in [4.69, 9.17) is 17.0 Å². The van der Waals surface area contributed by atoms with Crippen molar-refractivity contribution in [3.63, 3.8) is 0 Å². The molecule has 0 bridgehead atoms. The molecule has 0 unspecified atom stereocenters. The lowest BCUT2D eigenvalue weighted by molar-refractivity contribution is -0.384. The van der Waals surface area contributed by atoms with E-state index in [9.17, 15) is 10.1 Å². The number of nitrogens with one attached hydrogen (secondary N) is 2. The molecule has 0 fully saturated rings. The van der Waals surface area contributed by atoms with E-state index in [-0.39, 0.29) is 5.69 Å². The molecule has 0 saturated heterocycles. The fourth-order valence-electron chi connectivity index (χ4n) is 2.14. The van der Waals surface area contributed by atoms with Gasteiger partial charge in [-0.15, -0.1) is 0 Å². The van der Waals surface area contributed by atoms with E-state index in [1.807, 2.05) is 24.3 Å². The monoisotopic (exact) mass is 386 g/mol. The third-order valence-electron chi connectivity index (χ3n) is 3.60. The van der Waals surface area contributed by atoms with Crippen molar-refractivity contribution >= 4 is 29.2 Å². The number of thiocarbonyl (C=S) groups is 1. The van der Waals surface area contributed by atoms with E-state index in [1.165, 1.54) is 18.3 Å². The second-order valence-electron chi connectivity index (χ2n) is 5.75. The molecule has 0 aromatic heterocycles. The van der Waals surface area contributed by atoms with Crippen molar-refractivity contribution in [3.05, 3.63) is 69.8 Å². The summed E-state index contributed by atoms with van der Waals surface area (Å²) in [7, 11) is 0. The highest BCUT2D eigenvalue weighted by Crippen LogP contribution is 2.13. The zero-order valence-corrected chi connectivity index (χ0v) is 15.9. The first-order chi connectivity index (χ1) is 13.1. The molecule has 142 valence electrons. The molecule has 0 aliphatic carbocycles. The highest BCUT2D eigenvalue weighted by Gasteiger charge is 2.04. The molecule has 0 amide bonds. The van der Waals surface area contributed by atoms with Crippen LogP contribution in [0.15, 0.2) is 53.6 Å². The van der Waals surface area contributed by atoms with Crippen molar-refractivity contribution in [3.8, 4) is 5.75 Å². The van der Waals surface area contributed by atoms with Gasteiger partial charge in [-0.1, -0.05) is 37.6 Å². The summed E-state index contributed by atoms with van der Waals surface area (Å²) in [5.41, 5.74) is 4.38. The van der Waals surface area contributed by atoms with Crippen LogP contribution in [0.1, 0.15) is 30.9 Å². The number of ether oxygens (including phenoxy) is 1. The molecule has 0 aliphatic heterocycles. The molecule has 27 heavy (non-hydrogen) atoms. The number of hydrogen-bond donors (Lipinski definition) is 2. The summed E-state index contributed by atoms with van der Waals surface area (Å²) in [5.74, 6) is 0.856. The predicted molar refractivity (Wildman–Crippen MR) is 110 cm³/mol. The summed E-state index contributed by atoms with van der Waals surface area (Å²) < 4.78 is 5.63. The lowest BCUT2D eigenvalue weighted by atomic mass is 10.2. The number of non-ortho nitro benzene ring substituents is 1. The number of nitrogens with zero attached hydrogens (tertiary/aromatic N) is 2. The zero-order chi connectivity index (χ0) is 19.5. The van der Waals surface area contributed by atoms with Crippen molar-refractivity contribution in [1.82, 2.24) is 10.7 Å². The Hall–Kier alpha value is -3.00. The van der Waals surface area contributed by atoms with Crippen molar-refractivity contribution in [1.29, 1.82) is 0 Å². The van der Waals surface area contributed by atoms with Gasteiger partial charge in [0.05, 0.1) is 17.7 Å². The highest BCUT2D eigenvalue weighted by atomic mass is 32.1. The Morgan fingerprint density at radius 2 is 2.07 bits per heavy atom. The van der Waals surface area contributed by atoms with Crippen LogP contribution in [0.5, 0.6) is 5.75 Å². The molecule has 7 nitrogen and oxygen atoms in total. The molecule has 2 aromatic carbocycles. The summed E-state index contributed by atoms with van der Waals surface area (Å²) in [4.78, 5) is 10.3. The molecule has 0 spiro atoms. The fraction of sp³-hybridized carbons (Fsp3) is 0.263. The van der Waals surface area contributed by atoms with Crippen molar-refractivity contribution in [2.75, 3.05) is 6.61 Å². The highest BCUT2D eigenvalue weighted by molar-refractivity contribution is 7.80. The molecule has 0 aliphatic rings. The van der Waals surface area contributed by atoms with E-state index in [1.54, 1.807) is 12.1 Å². The minimum Gasteiger partial charge on any atom is -0.494 e. The molecule has 0 radical (unpaired) electrons. The largest absolute Gasteiger partial charge is 0.494 e. The van der Waals surface area contributed by atoms with Crippen LogP contribution in [0.4, 0.5) is 5.69 Å². The summed E-state index contributed by atoms with van der Waals surface area (Å²) in [6, 6.07) is 14.0. The quantitative estimate of drug-likeness (QED) is 0.224. The fourth-order valence-corrected chi connectivity index (χ4v) is 2.27. The molecule has 0 saturated carbocycles. The first kappa shape index (κ1) is 20.3. The van der Waals surface area contributed by atoms with E-state index in [0.29, 0.717) is 17.2 Å². The van der Waals surface area contributed by atoms with Crippen LogP contribution in [-0.4, -0.2) is 22.9 Å². The third kappa shape index (κ3) is 7.41. The summed E-state index contributed by atoms with van der Waals surface area (Å²) in [5, 5.41) is 18.1. The van der Waals surface area contributed by atoms with Crippen LogP contribution in [-0.2, 0) is 6.54 Å². The predicted octanol–water partition coefficient (Wildman–Crippen LogP) is 3.77. The van der Waals surface area contributed by atoms with Gasteiger partial charge < -0.3 is 10.1 Å². The van der Waals surface area contributed by atoms with Crippen LogP contribution >= 0.6 is 12.2 Å². The number of hydrogen-bond acceptors (Lipinski definition) is 5. The van der Waals surface area contributed by atoms with E-state index >= 15 is 0 Å². The van der Waals surface area contributed by atoms with Gasteiger partial charge in [-0.2, -0.15) is 5.10 Å². The van der Waals surface area contributed by atoms with Crippen LogP contribution in [0.3, 0.4) is 0 Å². The molecule has 2 rings (SSSR count). The molecule has 2 N–H and O–H groups in total. The van der Waals surface area contributed by atoms with Crippen LogP contribution in [0.25, 0.3) is 0 Å². The van der Waals surface area contributed by atoms with E-state index < -0.39 is 4.92 Å². The molecular formula is C19H22N4O3S. The third-order valence-corrected chi connectivity index (χ3v) is 3.84. The SMILES string of the molecule is CCCCOc1ccc(CNC(=S)N/N=C\c2cccc([N+](=O)[O-])c2)cc1. The Balaban J connectivity index is 1.76. The summed E-state index contributed by atoms with van der Waals surface area (Å²) in [6.07, 6.45) is 3.62. The number of nitro groups is 1. The summed E-state index contributed by atoms with van der Waals surface area (Å²) >= 11 is 5.16. The van der Waals surface area contributed by atoms with E-state index in [0.717, 1.165) is 30.8 Å². The van der Waals surface area contributed by atoms with Gasteiger partial charge >= 0.3 is 0 Å². The minimum absolute atomic E-state index is 0.0155. The Morgan fingerprint density at radius 1 is 1.30 bits per heavy atom. The lowest BCUT2D eigenvalue weighted by Crippen LogP contribution is -2.31. The number of unbranched alkanes of at least 4 members (excludes halogenated alkanes) is 1. The first-order valence-electron chi connectivity index (χ1n) is 8.61. The molecule has 8 heteroatoms. The zero-order valence-electron chi connectivity index (χ0n) is 15.1. The van der Waals surface area contributed by atoms with Gasteiger partial charge in [-0.3, -0.25) is 15.5 Å². The van der Waals surface area contributed by atoms with Crippen LogP contribution in [0, 0.1) is 10.1 Å². The molecular weight excluding hydrogens is 364 g/mol. The number of nitro benzene ring substituents is 1. The Labute approximate surface area is 163 Å². The lowest BCUT2D eigenvalue weighted by Gasteiger charge is -2.09. The van der Waals surface area contributed by atoms with Gasteiger partial charge in [0.15, 0.2) is 5.11 Å².